The van der Waals surface area contributed by atoms with Crippen molar-refractivity contribution in [3.8, 4) is 0 Å². The molecule has 2 nitrogen and oxygen atoms in total. The highest BCUT2D eigenvalue weighted by Gasteiger charge is 2.60. The normalized spacial score (nSPS) is 49.3. The Balaban J connectivity index is 1.39. The van der Waals surface area contributed by atoms with Gasteiger partial charge in [0.05, 0.1) is 12.2 Å². The summed E-state index contributed by atoms with van der Waals surface area (Å²) in [4.78, 5) is 0. The van der Waals surface area contributed by atoms with E-state index in [0.29, 0.717) is 11.3 Å². The molecule has 168 valence electrons. The second-order valence-electron chi connectivity index (χ2n) is 12.1. The Bertz CT molecular complexity index is 547. The molecule has 4 saturated carbocycles. The van der Waals surface area contributed by atoms with Crippen LogP contribution in [0.3, 0.4) is 0 Å². The van der Waals surface area contributed by atoms with E-state index in [4.69, 9.17) is 0 Å². The van der Waals surface area contributed by atoms with Gasteiger partial charge in [0.2, 0.25) is 0 Å². The van der Waals surface area contributed by atoms with Crippen LogP contribution in [-0.2, 0) is 0 Å². The lowest BCUT2D eigenvalue weighted by Gasteiger charge is -2.61. The number of fused-ring (bicyclic) bond motifs is 5. The summed E-state index contributed by atoms with van der Waals surface area (Å²) >= 11 is 0. The standard InChI is InChI=1S/C27H48O2/c1-4-5-6-7-8-9-10-19-12-14-22-21-13-11-20-17-24(28)25(29)18-27(20,3)23(21)15-16-26(19,22)2/h19-25,28-29H,4-18H2,1-3H3/t19?,20-,21?,22?,23?,24+,25-,26+,27-/m0/s1. The van der Waals surface area contributed by atoms with E-state index in [0.717, 1.165) is 36.5 Å². The van der Waals surface area contributed by atoms with Crippen LogP contribution in [0.4, 0.5) is 0 Å². The molecule has 0 amide bonds. The number of aliphatic hydroxyl groups excluding tert-OH is 2. The Kier molecular flexibility index (Phi) is 6.72. The van der Waals surface area contributed by atoms with Gasteiger partial charge in [-0.3, -0.25) is 0 Å². The molecule has 9 atom stereocenters. The average Bonchev–Trinajstić information content (AvgIpc) is 3.02. The summed E-state index contributed by atoms with van der Waals surface area (Å²) in [6.45, 7) is 7.45. The van der Waals surface area contributed by atoms with Crippen LogP contribution in [0, 0.1) is 40.4 Å². The lowest BCUT2D eigenvalue weighted by molar-refractivity contribution is -0.159. The molecule has 0 bridgehead atoms. The van der Waals surface area contributed by atoms with Crippen LogP contribution >= 0.6 is 0 Å². The molecule has 4 aliphatic rings. The van der Waals surface area contributed by atoms with E-state index >= 15 is 0 Å². The van der Waals surface area contributed by atoms with E-state index in [9.17, 15) is 10.2 Å². The Morgan fingerprint density at radius 3 is 2.28 bits per heavy atom. The Morgan fingerprint density at radius 1 is 0.759 bits per heavy atom. The van der Waals surface area contributed by atoms with Gasteiger partial charge in [0.25, 0.3) is 0 Å². The smallest absolute Gasteiger partial charge is 0.0804 e. The van der Waals surface area contributed by atoms with Gasteiger partial charge in [0.15, 0.2) is 0 Å². The van der Waals surface area contributed by atoms with Crippen LogP contribution in [0.15, 0.2) is 0 Å². The molecule has 4 aliphatic carbocycles. The third kappa shape index (κ3) is 3.95. The van der Waals surface area contributed by atoms with Crippen molar-refractivity contribution in [1.82, 2.24) is 0 Å². The summed E-state index contributed by atoms with van der Waals surface area (Å²) in [6.07, 6.45) is 19.1. The van der Waals surface area contributed by atoms with Crippen molar-refractivity contribution in [2.75, 3.05) is 0 Å². The van der Waals surface area contributed by atoms with Crippen LogP contribution in [0.2, 0.25) is 0 Å². The summed E-state index contributed by atoms with van der Waals surface area (Å²) in [7, 11) is 0. The molecule has 2 heteroatoms. The van der Waals surface area contributed by atoms with Crippen molar-refractivity contribution < 1.29 is 10.2 Å². The number of rotatable bonds is 7. The highest BCUT2D eigenvalue weighted by molar-refractivity contribution is 5.10. The highest BCUT2D eigenvalue weighted by atomic mass is 16.3. The van der Waals surface area contributed by atoms with E-state index < -0.39 is 12.2 Å². The van der Waals surface area contributed by atoms with Gasteiger partial charge in [-0.2, -0.15) is 0 Å². The molecule has 0 aromatic rings. The molecule has 4 fully saturated rings. The molecule has 0 aromatic carbocycles. The summed E-state index contributed by atoms with van der Waals surface area (Å²) in [6, 6.07) is 0. The van der Waals surface area contributed by atoms with Gasteiger partial charge in [-0.05, 0) is 98.2 Å². The molecule has 0 spiro atoms. The molecule has 0 saturated heterocycles. The lowest BCUT2D eigenvalue weighted by atomic mass is 9.44. The van der Waals surface area contributed by atoms with Crippen molar-refractivity contribution in [3.05, 3.63) is 0 Å². The maximum Gasteiger partial charge on any atom is 0.0804 e. The van der Waals surface area contributed by atoms with Crippen LogP contribution in [0.1, 0.15) is 117 Å². The minimum Gasteiger partial charge on any atom is -0.390 e. The van der Waals surface area contributed by atoms with Crippen molar-refractivity contribution in [3.63, 3.8) is 0 Å². The monoisotopic (exact) mass is 404 g/mol. The van der Waals surface area contributed by atoms with E-state index in [1.807, 2.05) is 0 Å². The van der Waals surface area contributed by atoms with E-state index in [2.05, 4.69) is 20.8 Å². The number of unbranched alkanes of at least 4 members (excludes halogenated alkanes) is 5. The Morgan fingerprint density at radius 2 is 1.48 bits per heavy atom. The molecule has 4 unspecified atom stereocenters. The third-order valence-corrected chi connectivity index (χ3v) is 10.8. The number of aliphatic hydroxyl groups is 2. The fraction of sp³-hybridized carbons (Fsp3) is 1.00. The minimum absolute atomic E-state index is 0.264. The topological polar surface area (TPSA) is 40.5 Å². The first-order chi connectivity index (χ1) is 13.9. The molecule has 0 heterocycles. The van der Waals surface area contributed by atoms with E-state index in [1.54, 1.807) is 0 Å². The first kappa shape index (κ1) is 22.1. The first-order valence-electron chi connectivity index (χ1n) is 13.3. The highest BCUT2D eigenvalue weighted by Crippen LogP contribution is 2.67. The number of hydrogen-bond acceptors (Lipinski definition) is 2. The summed E-state index contributed by atoms with van der Waals surface area (Å²) in [5.41, 5.74) is 0.848. The van der Waals surface area contributed by atoms with Gasteiger partial charge >= 0.3 is 0 Å². The fourth-order valence-electron chi connectivity index (χ4n) is 9.03. The summed E-state index contributed by atoms with van der Waals surface area (Å²) in [5.74, 6) is 4.19. The van der Waals surface area contributed by atoms with Crippen LogP contribution < -0.4 is 0 Å². The zero-order chi connectivity index (χ0) is 20.6. The van der Waals surface area contributed by atoms with Crippen molar-refractivity contribution in [2.24, 2.45) is 40.4 Å². The van der Waals surface area contributed by atoms with E-state index in [1.165, 1.54) is 83.5 Å². The largest absolute Gasteiger partial charge is 0.390 e. The maximum atomic E-state index is 10.5. The second-order valence-corrected chi connectivity index (χ2v) is 12.1. The van der Waals surface area contributed by atoms with Crippen LogP contribution in [0.25, 0.3) is 0 Å². The second kappa shape index (κ2) is 8.81. The van der Waals surface area contributed by atoms with Gasteiger partial charge < -0.3 is 10.2 Å². The van der Waals surface area contributed by atoms with Gasteiger partial charge in [-0.25, -0.2) is 0 Å². The maximum absolute atomic E-state index is 10.5. The quantitative estimate of drug-likeness (QED) is 0.462. The molecule has 0 radical (unpaired) electrons. The SMILES string of the molecule is CCCCCCCCC1CCC2C3CC[C@H]4C[C@@H](O)[C@@H](O)C[C@]4(C)C3CC[C@]12C. The minimum atomic E-state index is -0.493. The zero-order valence-corrected chi connectivity index (χ0v) is 19.5. The number of hydrogen-bond donors (Lipinski definition) is 2. The predicted molar refractivity (Wildman–Crippen MR) is 121 cm³/mol. The van der Waals surface area contributed by atoms with Crippen molar-refractivity contribution in [2.45, 2.75) is 129 Å². The molecular weight excluding hydrogens is 356 g/mol. The fourth-order valence-corrected chi connectivity index (χ4v) is 9.03. The van der Waals surface area contributed by atoms with Gasteiger partial charge in [-0.15, -0.1) is 0 Å². The van der Waals surface area contributed by atoms with Gasteiger partial charge in [-0.1, -0.05) is 59.3 Å². The first-order valence-corrected chi connectivity index (χ1v) is 13.3. The molecule has 2 N–H and O–H groups in total. The zero-order valence-electron chi connectivity index (χ0n) is 19.5. The van der Waals surface area contributed by atoms with Crippen LogP contribution in [0.5, 0.6) is 0 Å². The Labute approximate surface area is 180 Å². The third-order valence-electron chi connectivity index (χ3n) is 10.8. The van der Waals surface area contributed by atoms with E-state index in [-0.39, 0.29) is 5.41 Å². The summed E-state index contributed by atoms with van der Waals surface area (Å²) in [5, 5.41) is 20.7. The Hall–Kier alpha value is -0.0800. The molecule has 0 aromatic heterocycles. The van der Waals surface area contributed by atoms with Crippen molar-refractivity contribution in [1.29, 1.82) is 0 Å². The molecule has 29 heavy (non-hydrogen) atoms. The van der Waals surface area contributed by atoms with Crippen LogP contribution in [-0.4, -0.2) is 22.4 Å². The van der Waals surface area contributed by atoms with Gasteiger partial charge in [0, 0.05) is 0 Å². The average molecular weight is 405 g/mol. The molecule has 4 rings (SSSR count). The molecule has 0 aliphatic heterocycles. The summed E-state index contributed by atoms with van der Waals surface area (Å²) < 4.78 is 0. The van der Waals surface area contributed by atoms with Crippen molar-refractivity contribution >= 4 is 0 Å². The lowest BCUT2D eigenvalue weighted by Crippen LogP contribution is -2.56. The predicted octanol–water partition coefficient (Wildman–Crippen LogP) is 6.73. The molecular formula is C27H48O2. The van der Waals surface area contributed by atoms with Gasteiger partial charge in [0.1, 0.15) is 0 Å².